The number of rotatable bonds is 8. The van der Waals surface area contributed by atoms with Crippen LogP contribution >= 0.6 is 23.5 Å². The first kappa shape index (κ1) is 23.9. The molecule has 0 aliphatic heterocycles. The fraction of sp³-hybridized carbons (Fsp3) is 0.0625. The molecule has 4 aromatic rings. The highest BCUT2D eigenvalue weighted by atomic mass is 32.2. The summed E-state index contributed by atoms with van der Waals surface area (Å²) in [5.74, 6) is 0. The van der Waals surface area contributed by atoms with Gasteiger partial charge in [0.2, 0.25) is 0 Å². The summed E-state index contributed by atoms with van der Waals surface area (Å²) < 4.78 is 0. The van der Waals surface area contributed by atoms with Crippen molar-refractivity contribution in [1.82, 2.24) is 0 Å². The maximum Gasteiger partial charge on any atom is 0.00695 e. The molecule has 0 nitrogen and oxygen atoms in total. The fourth-order valence-electron chi connectivity index (χ4n) is 3.44. The second-order valence-corrected chi connectivity index (χ2v) is 9.64. The summed E-state index contributed by atoms with van der Waals surface area (Å²) in [6, 6.07) is 34.5. The van der Waals surface area contributed by atoms with E-state index in [0.717, 1.165) is 0 Å². The van der Waals surface area contributed by atoms with E-state index in [4.69, 9.17) is 0 Å². The minimum absolute atomic E-state index is 1.19. The standard InChI is InChI=1S/C32H28S2/c1-33-31-21-17-29(18-22-31)15-13-27-9-5-25(6-10-27)3-4-26-7-11-28(12-8-26)14-16-30-19-23-32(34-2)24-20-30/h3-24H,1-2H3/b4-3+,15-13+,16-14+. The van der Waals surface area contributed by atoms with Crippen molar-refractivity contribution in [2.75, 3.05) is 12.5 Å². The molecule has 0 unspecified atom stereocenters. The van der Waals surface area contributed by atoms with E-state index in [1.807, 2.05) is 0 Å². The highest BCUT2D eigenvalue weighted by Gasteiger charge is 1.94. The summed E-state index contributed by atoms with van der Waals surface area (Å²) in [7, 11) is 0. The van der Waals surface area contributed by atoms with E-state index in [1.54, 1.807) is 23.5 Å². The third-order valence-electron chi connectivity index (χ3n) is 5.51. The SMILES string of the molecule is CSc1ccc(/C=C/c2ccc(/C=C/c3ccc(/C=C/c4ccc(SC)cc4)cc3)cc2)cc1. The van der Waals surface area contributed by atoms with Crippen LogP contribution in [0.2, 0.25) is 0 Å². The number of hydrogen-bond acceptors (Lipinski definition) is 2. The predicted molar refractivity (Wildman–Crippen MR) is 156 cm³/mol. The van der Waals surface area contributed by atoms with Crippen molar-refractivity contribution in [2.45, 2.75) is 9.79 Å². The van der Waals surface area contributed by atoms with Crippen LogP contribution in [0.25, 0.3) is 36.5 Å². The van der Waals surface area contributed by atoms with Gasteiger partial charge in [-0.15, -0.1) is 23.5 Å². The van der Waals surface area contributed by atoms with Crippen LogP contribution in [0.3, 0.4) is 0 Å². The third kappa shape index (κ3) is 7.15. The molecule has 0 aromatic heterocycles. The minimum atomic E-state index is 1.19. The summed E-state index contributed by atoms with van der Waals surface area (Å²) in [6.45, 7) is 0. The lowest BCUT2D eigenvalue weighted by atomic mass is 10.1. The zero-order valence-electron chi connectivity index (χ0n) is 19.5. The Morgan fingerprint density at radius 2 is 0.500 bits per heavy atom. The Balaban J connectivity index is 1.33. The highest BCUT2D eigenvalue weighted by molar-refractivity contribution is 7.98. The molecule has 2 heteroatoms. The van der Waals surface area contributed by atoms with Gasteiger partial charge in [0.05, 0.1) is 0 Å². The highest BCUT2D eigenvalue weighted by Crippen LogP contribution is 2.18. The van der Waals surface area contributed by atoms with Crippen LogP contribution in [0.4, 0.5) is 0 Å². The lowest BCUT2D eigenvalue weighted by Crippen LogP contribution is -1.77. The molecule has 168 valence electrons. The summed E-state index contributed by atoms with van der Waals surface area (Å²) in [4.78, 5) is 2.58. The van der Waals surface area contributed by atoms with Crippen molar-refractivity contribution in [3.05, 3.63) is 130 Å². The van der Waals surface area contributed by atoms with Crippen LogP contribution in [0.5, 0.6) is 0 Å². The van der Waals surface area contributed by atoms with Gasteiger partial charge in [0.15, 0.2) is 0 Å². The van der Waals surface area contributed by atoms with Gasteiger partial charge in [0.1, 0.15) is 0 Å². The largest absolute Gasteiger partial charge is 0.130 e. The van der Waals surface area contributed by atoms with Crippen molar-refractivity contribution in [1.29, 1.82) is 0 Å². The van der Waals surface area contributed by atoms with E-state index in [1.165, 1.54) is 43.2 Å². The van der Waals surface area contributed by atoms with Crippen LogP contribution in [0, 0.1) is 0 Å². The molecular formula is C32H28S2. The first-order valence-corrected chi connectivity index (χ1v) is 13.7. The molecule has 4 rings (SSSR count). The maximum atomic E-state index is 2.16. The summed E-state index contributed by atoms with van der Waals surface area (Å²) in [5, 5.41) is 0. The van der Waals surface area contributed by atoms with Crippen molar-refractivity contribution >= 4 is 60.0 Å². The van der Waals surface area contributed by atoms with Gasteiger partial charge in [-0.05, 0) is 70.2 Å². The molecule has 0 amide bonds. The van der Waals surface area contributed by atoms with Crippen LogP contribution in [-0.2, 0) is 0 Å². The van der Waals surface area contributed by atoms with Crippen LogP contribution in [0.15, 0.2) is 107 Å². The van der Waals surface area contributed by atoms with Crippen LogP contribution in [0.1, 0.15) is 33.4 Å². The molecule has 0 aliphatic rings. The topological polar surface area (TPSA) is 0 Å². The molecule has 4 aromatic carbocycles. The molecule has 0 N–H and O–H groups in total. The summed E-state index contributed by atoms with van der Waals surface area (Å²) >= 11 is 3.53. The van der Waals surface area contributed by atoms with E-state index in [0.29, 0.717) is 0 Å². The molecule has 0 aliphatic carbocycles. The quantitative estimate of drug-likeness (QED) is 0.183. The first-order chi connectivity index (χ1) is 16.7. The Bertz CT molecular complexity index is 1160. The van der Waals surface area contributed by atoms with E-state index in [9.17, 15) is 0 Å². The van der Waals surface area contributed by atoms with E-state index in [2.05, 4.69) is 146 Å². The van der Waals surface area contributed by atoms with Gasteiger partial charge in [0, 0.05) is 9.79 Å². The molecule has 34 heavy (non-hydrogen) atoms. The van der Waals surface area contributed by atoms with Crippen molar-refractivity contribution < 1.29 is 0 Å². The Morgan fingerprint density at radius 3 is 0.676 bits per heavy atom. The monoisotopic (exact) mass is 476 g/mol. The van der Waals surface area contributed by atoms with Gasteiger partial charge in [-0.25, -0.2) is 0 Å². The van der Waals surface area contributed by atoms with Crippen molar-refractivity contribution in [3.63, 3.8) is 0 Å². The van der Waals surface area contributed by atoms with Gasteiger partial charge in [-0.3, -0.25) is 0 Å². The van der Waals surface area contributed by atoms with Crippen molar-refractivity contribution in [3.8, 4) is 0 Å². The number of benzene rings is 4. The Hall–Kier alpha value is -3.20. The van der Waals surface area contributed by atoms with Crippen LogP contribution < -0.4 is 0 Å². The number of hydrogen-bond donors (Lipinski definition) is 0. The van der Waals surface area contributed by atoms with E-state index < -0.39 is 0 Å². The van der Waals surface area contributed by atoms with E-state index >= 15 is 0 Å². The molecule has 0 spiro atoms. The molecule has 0 saturated heterocycles. The van der Waals surface area contributed by atoms with Gasteiger partial charge < -0.3 is 0 Å². The maximum absolute atomic E-state index is 2.16. The van der Waals surface area contributed by atoms with Gasteiger partial charge in [-0.2, -0.15) is 0 Å². The lowest BCUT2D eigenvalue weighted by molar-refractivity contribution is 1.45. The zero-order chi connectivity index (χ0) is 23.6. The predicted octanol–water partition coefficient (Wildman–Crippen LogP) is 9.64. The molecule has 0 atom stereocenters. The number of thioether (sulfide) groups is 2. The molecular weight excluding hydrogens is 448 g/mol. The zero-order valence-corrected chi connectivity index (χ0v) is 21.2. The Morgan fingerprint density at radius 1 is 0.324 bits per heavy atom. The van der Waals surface area contributed by atoms with Crippen LogP contribution in [-0.4, -0.2) is 12.5 Å². The van der Waals surface area contributed by atoms with Gasteiger partial charge in [-0.1, -0.05) is 109 Å². The second kappa shape index (κ2) is 12.3. The van der Waals surface area contributed by atoms with Gasteiger partial charge in [0.25, 0.3) is 0 Å². The minimum Gasteiger partial charge on any atom is -0.130 e. The molecule has 0 radical (unpaired) electrons. The third-order valence-corrected chi connectivity index (χ3v) is 7.00. The smallest absolute Gasteiger partial charge is 0.00695 e. The molecule has 0 saturated carbocycles. The second-order valence-electron chi connectivity index (χ2n) is 7.88. The average molecular weight is 477 g/mol. The Kier molecular flexibility index (Phi) is 8.67. The average Bonchev–Trinajstić information content (AvgIpc) is 2.91. The summed E-state index contributed by atoms with van der Waals surface area (Å²) in [5.41, 5.74) is 7.22. The Labute approximate surface area is 212 Å². The lowest BCUT2D eigenvalue weighted by Gasteiger charge is -2.00. The normalized spacial score (nSPS) is 11.7. The van der Waals surface area contributed by atoms with E-state index in [-0.39, 0.29) is 0 Å². The molecule has 0 heterocycles. The molecule has 0 bridgehead atoms. The summed E-state index contributed by atoms with van der Waals surface area (Å²) in [6.07, 6.45) is 17.1. The molecule has 0 fully saturated rings. The fourth-order valence-corrected chi connectivity index (χ4v) is 4.26. The van der Waals surface area contributed by atoms with Gasteiger partial charge >= 0.3 is 0 Å². The first-order valence-electron chi connectivity index (χ1n) is 11.2. The van der Waals surface area contributed by atoms with Crippen molar-refractivity contribution in [2.24, 2.45) is 0 Å².